The van der Waals surface area contributed by atoms with Crippen LogP contribution >= 0.6 is 35.0 Å². The topological polar surface area (TPSA) is 58.2 Å². The van der Waals surface area contributed by atoms with Crippen LogP contribution in [0.15, 0.2) is 48.5 Å². The largest absolute Gasteiger partial charge is 0.351 e. The Balaban J connectivity index is 1.63. The molecule has 0 fully saturated rings. The summed E-state index contributed by atoms with van der Waals surface area (Å²) in [5, 5.41) is 6.81. The van der Waals surface area contributed by atoms with E-state index >= 15 is 0 Å². The highest BCUT2D eigenvalue weighted by atomic mass is 35.5. The van der Waals surface area contributed by atoms with Gasteiger partial charge in [0.05, 0.1) is 11.5 Å². The van der Waals surface area contributed by atoms with Gasteiger partial charge in [-0.1, -0.05) is 35.3 Å². The average Bonchev–Trinajstić information content (AvgIpc) is 2.56. The van der Waals surface area contributed by atoms with Crippen molar-refractivity contribution < 1.29 is 9.59 Å². The SMILES string of the molecule is O=C(CSCC(=O)Nc1ccc(Cl)cc1)NCc1ccc(Cl)cc1. The number of benzene rings is 2. The lowest BCUT2D eigenvalue weighted by atomic mass is 10.2. The molecule has 0 saturated carbocycles. The van der Waals surface area contributed by atoms with Crippen LogP contribution in [0, 0.1) is 0 Å². The van der Waals surface area contributed by atoms with Gasteiger partial charge < -0.3 is 10.6 Å². The number of nitrogens with one attached hydrogen (secondary N) is 2. The first-order valence-electron chi connectivity index (χ1n) is 7.17. The lowest BCUT2D eigenvalue weighted by molar-refractivity contribution is -0.118. The Morgan fingerprint density at radius 3 is 2.00 bits per heavy atom. The van der Waals surface area contributed by atoms with Crippen molar-refractivity contribution in [3.63, 3.8) is 0 Å². The molecule has 0 aliphatic carbocycles. The van der Waals surface area contributed by atoms with Crippen LogP contribution in [-0.4, -0.2) is 23.3 Å². The first-order chi connectivity index (χ1) is 11.5. The van der Waals surface area contributed by atoms with Gasteiger partial charge in [0.15, 0.2) is 0 Å². The molecule has 24 heavy (non-hydrogen) atoms. The summed E-state index contributed by atoms with van der Waals surface area (Å²) in [6.07, 6.45) is 0. The number of carbonyl (C=O) groups excluding carboxylic acids is 2. The number of carbonyl (C=O) groups is 2. The molecule has 0 spiro atoms. The fourth-order valence-electron chi connectivity index (χ4n) is 1.82. The lowest BCUT2D eigenvalue weighted by Crippen LogP contribution is -2.25. The Morgan fingerprint density at radius 1 is 0.833 bits per heavy atom. The van der Waals surface area contributed by atoms with Crippen LogP contribution in [0.2, 0.25) is 10.0 Å². The zero-order chi connectivity index (χ0) is 17.4. The summed E-state index contributed by atoms with van der Waals surface area (Å²) < 4.78 is 0. The minimum atomic E-state index is -0.159. The van der Waals surface area contributed by atoms with E-state index in [-0.39, 0.29) is 23.3 Å². The first-order valence-corrected chi connectivity index (χ1v) is 9.08. The first kappa shape index (κ1) is 18.6. The van der Waals surface area contributed by atoms with Gasteiger partial charge in [-0.25, -0.2) is 0 Å². The highest BCUT2D eigenvalue weighted by Crippen LogP contribution is 2.14. The number of anilines is 1. The summed E-state index contributed by atoms with van der Waals surface area (Å²) in [6.45, 7) is 0.438. The summed E-state index contributed by atoms with van der Waals surface area (Å²) >= 11 is 12.8. The molecule has 0 heterocycles. The summed E-state index contributed by atoms with van der Waals surface area (Å²) in [6, 6.07) is 14.1. The highest BCUT2D eigenvalue weighted by molar-refractivity contribution is 8.00. The zero-order valence-corrected chi connectivity index (χ0v) is 15.0. The third-order valence-electron chi connectivity index (χ3n) is 3.00. The Bertz CT molecular complexity index is 691. The number of thioether (sulfide) groups is 1. The van der Waals surface area contributed by atoms with Crippen molar-refractivity contribution in [1.82, 2.24) is 5.32 Å². The molecule has 4 nitrogen and oxygen atoms in total. The number of halogens is 2. The molecule has 0 radical (unpaired) electrons. The van der Waals surface area contributed by atoms with Gasteiger partial charge >= 0.3 is 0 Å². The second-order valence-corrected chi connectivity index (χ2v) is 6.81. The molecule has 2 aromatic carbocycles. The van der Waals surface area contributed by atoms with Crippen LogP contribution < -0.4 is 10.6 Å². The molecule has 126 valence electrons. The molecule has 2 N–H and O–H groups in total. The molecule has 0 saturated heterocycles. The Labute approximate surface area is 154 Å². The van der Waals surface area contributed by atoms with Gasteiger partial charge in [0, 0.05) is 22.3 Å². The summed E-state index contributed by atoms with van der Waals surface area (Å²) in [5.74, 6) is 0.153. The summed E-state index contributed by atoms with van der Waals surface area (Å²) in [5.41, 5.74) is 1.65. The molecule has 0 bridgehead atoms. The predicted molar refractivity (Wildman–Crippen MR) is 101 cm³/mol. The molecule has 0 atom stereocenters. The van der Waals surface area contributed by atoms with E-state index in [4.69, 9.17) is 23.2 Å². The van der Waals surface area contributed by atoms with Crippen LogP contribution in [-0.2, 0) is 16.1 Å². The summed E-state index contributed by atoms with van der Waals surface area (Å²) in [7, 11) is 0. The minimum Gasteiger partial charge on any atom is -0.351 e. The van der Waals surface area contributed by atoms with E-state index in [0.29, 0.717) is 22.3 Å². The van der Waals surface area contributed by atoms with E-state index in [1.54, 1.807) is 36.4 Å². The number of hydrogen-bond acceptors (Lipinski definition) is 3. The molecule has 0 aromatic heterocycles. The maximum Gasteiger partial charge on any atom is 0.234 e. The molecular weight excluding hydrogens is 367 g/mol. The van der Waals surface area contributed by atoms with Gasteiger partial charge in [-0.05, 0) is 42.0 Å². The van der Waals surface area contributed by atoms with Gasteiger partial charge in [-0.2, -0.15) is 0 Å². The molecule has 2 rings (SSSR count). The molecule has 0 aliphatic heterocycles. The lowest BCUT2D eigenvalue weighted by Gasteiger charge is -2.07. The minimum absolute atomic E-state index is 0.116. The predicted octanol–water partition coefficient (Wildman–Crippen LogP) is 3.98. The number of amides is 2. The smallest absolute Gasteiger partial charge is 0.234 e. The van der Waals surface area contributed by atoms with Crippen molar-refractivity contribution in [3.8, 4) is 0 Å². The highest BCUT2D eigenvalue weighted by Gasteiger charge is 2.06. The fourth-order valence-corrected chi connectivity index (χ4v) is 2.72. The molecule has 0 unspecified atom stereocenters. The van der Waals surface area contributed by atoms with Gasteiger partial charge in [-0.15, -0.1) is 11.8 Å². The summed E-state index contributed by atoms with van der Waals surface area (Å²) in [4.78, 5) is 23.5. The van der Waals surface area contributed by atoms with Crippen LogP contribution in [0.25, 0.3) is 0 Å². The maximum absolute atomic E-state index is 11.8. The normalized spacial score (nSPS) is 10.2. The third-order valence-corrected chi connectivity index (χ3v) is 4.43. The van der Waals surface area contributed by atoms with Crippen molar-refractivity contribution in [2.75, 3.05) is 16.8 Å². The second-order valence-electron chi connectivity index (χ2n) is 4.95. The molecule has 2 amide bonds. The standard InChI is InChI=1S/C17H16Cl2N2O2S/c18-13-3-1-12(2-4-13)9-20-16(22)10-24-11-17(23)21-15-7-5-14(19)6-8-15/h1-8H,9-11H2,(H,20,22)(H,21,23). The average molecular weight is 383 g/mol. The van der Waals surface area contributed by atoms with Crippen molar-refractivity contribution >= 4 is 52.5 Å². The van der Waals surface area contributed by atoms with E-state index in [1.807, 2.05) is 12.1 Å². The van der Waals surface area contributed by atoms with Gasteiger partial charge in [0.25, 0.3) is 0 Å². The van der Waals surface area contributed by atoms with Crippen LogP contribution in [0.4, 0.5) is 5.69 Å². The zero-order valence-electron chi connectivity index (χ0n) is 12.7. The van der Waals surface area contributed by atoms with Gasteiger partial charge in [-0.3, -0.25) is 9.59 Å². The van der Waals surface area contributed by atoms with Crippen LogP contribution in [0.3, 0.4) is 0 Å². The van der Waals surface area contributed by atoms with Crippen molar-refractivity contribution in [1.29, 1.82) is 0 Å². The second kappa shape index (κ2) is 9.57. The van der Waals surface area contributed by atoms with Crippen molar-refractivity contribution in [2.45, 2.75) is 6.54 Å². The molecule has 7 heteroatoms. The van der Waals surface area contributed by atoms with Crippen molar-refractivity contribution in [3.05, 3.63) is 64.1 Å². The quantitative estimate of drug-likeness (QED) is 0.761. The Kier molecular flexibility index (Phi) is 7.43. The number of hydrogen-bond donors (Lipinski definition) is 2. The number of rotatable bonds is 7. The van der Waals surface area contributed by atoms with E-state index in [1.165, 1.54) is 11.8 Å². The van der Waals surface area contributed by atoms with Crippen molar-refractivity contribution in [2.24, 2.45) is 0 Å². The monoisotopic (exact) mass is 382 g/mol. The Morgan fingerprint density at radius 2 is 1.38 bits per heavy atom. The van der Waals surface area contributed by atoms with E-state index < -0.39 is 0 Å². The Hall–Kier alpha value is -1.69. The van der Waals surface area contributed by atoms with Gasteiger partial charge in [0.2, 0.25) is 11.8 Å². The van der Waals surface area contributed by atoms with Crippen LogP contribution in [0.1, 0.15) is 5.56 Å². The van der Waals surface area contributed by atoms with E-state index in [9.17, 15) is 9.59 Å². The van der Waals surface area contributed by atoms with Gasteiger partial charge in [0.1, 0.15) is 0 Å². The molecule has 0 aliphatic rings. The molecule has 2 aromatic rings. The molecular formula is C17H16Cl2N2O2S. The van der Waals surface area contributed by atoms with Crippen LogP contribution in [0.5, 0.6) is 0 Å². The fraction of sp³-hybridized carbons (Fsp3) is 0.176. The third kappa shape index (κ3) is 6.83. The maximum atomic E-state index is 11.8. The van der Waals surface area contributed by atoms with E-state index in [2.05, 4.69) is 10.6 Å². The van der Waals surface area contributed by atoms with E-state index in [0.717, 1.165) is 5.56 Å².